The number of sulfonamides is 1. The first-order valence-electron chi connectivity index (χ1n) is 7.83. The van der Waals surface area contributed by atoms with Crippen molar-refractivity contribution >= 4 is 10.0 Å². The number of imidazole rings is 1. The second-order valence-corrected chi connectivity index (χ2v) is 8.13. The van der Waals surface area contributed by atoms with E-state index in [0.29, 0.717) is 19.6 Å². The van der Waals surface area contributed by atoms with Crippen LogP contribution in [-0.2, 0) is 16.6 Å². The number of hydrogen-bond donors (Lipinski definition) is 0. The molecule has 23 heavy (non-hydrogen) atoms. The van der Waals surface area contributed by atoms with Gasteiger partial charge in [-0.25, -0.2) is 18.4 Å². The van der Waals surface area contributed by atoms with Crippen LogP contribution in [0.25, 0.3) is 0 Å². The van der Waals surface area contributed by atoms with Gasteiger partial charge in [0, 0.05) is 31.9 Å². The van der Waals surface area contributed by atoms with Gasteiger partial charge in [0.1, 0.15) is 12.7 Å². The third kappa shape index (κ3) is 3.45. The topological polar surface area (TPSA) is 85.9 Å². The molecule has 2 aromatic rings. The Balaban J connectivity index is 1.73. The fourth-order valence-corrected chi connectivity index (χ4v) is 4.33. The van der Waals surface area contributed by atoms with Crippen LogP contribution in [0.1, 0.15) is 32.7 Å². The summed E-state index contributed by atoms with van der Waals surface area (Å²) in [6.07, 6.45) is 8.19. The molecule has 3 rings (SSSR count). The SMILES string of the molecule is CC(C)n1cnc(S(=O)(=O)N2CCCC(Cn3cncn3)C2)c1. The maximum absolute atomic E-state index is 12.8. The number of nitrogens with zero attached hydrogens (tertiary/aromatic N) is 6. The summed E-state index contributed by atoms with van der Waals surface area (Å²) in [5, 5.41) is 4.23. The van der Waals surface area contributed by atoms with E-state index >= 15 is 0 Å². The first-order valence-corrected chi connectivity index (χ1v) is 9.27. The largest absolute Gasteiger partial charge is 0.334 e. The summed E-state index contributed by atoms with van der Waals surface area (Å²) < 4.78 is 30.7. The average molecular weight is 338 g/mol. The van der Waals surface area contributed by atoms with Crippen LogP contribution in [0, 0.1) is 5.92 Å². The first kappa shape index (κ1) is 16.1. The lowest BCUT2D eigenvalue weighted by Crippen LogP contribution is -2.41. The van der Waals surface area contributed by atoms with E-state index in [9.17, 15) is 8.42 Å². The van der Waals surface area contributed by atoms with Gasteiger partial charge in [0.15, 0.2) is 5.03 Å². The van der Waals surface area contributed by atoms with Gasteiger partial charge in [0.2, 0.25) is 0 Å². The Morgan fingerprint density at radius 3 is 2.83 bits per heavy atom. The number of aromatic nitrogens is 5. The molecule has 9 heteroatoms. The lowest BCUT2D eigenvalue weighted by molar-refractivity contribution is 0.239. The molecule has 8 nitrogen and oxygen atoms in total. The van der Waals surface area contributed by atoms with E-state index in [1.54, 1.807) is 27.8 Å². The molecular weight excluding hydrogens is 316 g/mol. The number of rotatable bonds is 5. The van der Waals surface area contributed by atoms with E-state index in [1.165, 1.54) is 6.33 Å². The third-order valence-electron chi connectivity index (χ3n) is 4.17. The van der Waals surface area contributed by atoms with Crippen LogP contribution in [0.4, 0.5) is 0 Å². The zero-order valence-corrected chi connectivity index (χ0v) is 14.2. The maximum Gasteiger partial charge on any atom is 0.262 e. The van der Waals surface area contributed by atoms with Crippen LogP contribution in [0.5, 0.6) is 0 Å². The Kier molecular flexibility index (Phi) is 4.49. The van der Waals surface area contributed by atoms with Crippen molar-refractivity contribution in [3.8, 4) is 0 Å². The highest BCUT2D eigenvalue weighted by Crippen LogP contribution is 2.24. The van der Waals surface area contributed by atoms with Crippen LogP contribution in [0.3, 0.4) is 0 Å². The lowest BCUT2D eigenvalue weighted by atomic mass is 10.00. The van der Waals surface area contributed by atoms with Crippen molar-refractivity contribution in [1.82, 2.24) is 28.6 Å². The first-order chi connectivity index (χ1) is 11.0. The van der Waals surface area contributed by atoms with Crippen molar-refractivity contribution in [3.63, 3.8) is 0 Å². The van der Waals surface area contributed by atoms with Crippen LogP contribution in [-0.4, -0.2) is 50.1 Å². The minimum atomic E-state index is -3.53. The van der Waals surface area contributed by atoms with Crippen LogP contribution < -0.4 is 0 Å². The molecule has 0 N–H and O–H groups in total. The summed E-state index contributed by atoms with van der Waals surface area (Å²) in [5.74, 6) is 0.243. The Hall–Kier alpha value is -1.74. The Morgan fingerprint density at radius 1 is 1.35 bits per heavy atom. The molecule has 0 amide bonds. The molecular formula is C14H22N6O2S. The van der Waals surface area contributed by atoms with Crippen LogP contribution in [0.15, 0.2) is 30.2 Å². The summed E-state index contributed by atoms with van der Waals surface area (Å²) in [7, 11) is -3.53. The smallest absolute Gasteiger partial charge is 0.262 e. The molecule has 0 bridgehead atoms. The summed E-state index contributed by atoms with van der Waals surface area (Å²) in [6, 6.07) is 0.188. The van der Waals surface area contributed by atoms with Gasteiger partial charge in [-0.3, -0.25) is 4.68 Å². The van der Waals surface area contributed by atoms with Gasteiger partial charge in [-0.1, -0.05) is 0 Å². The van der Waals surface area contributed by atoms with Crippen molar-refractivity contribution in [1.29, 1.82) is 0 Å². The normalized spacial score (nSPS) is 20.2. The van der Waals surface area contributed by atoms with E-state index in [-0.39, 0.29) is 17.0 Å². The van der Waals surface area contributed by atoms with Gasteiger partial charge < -0.3 is 4.57 Å². The standard InChI is InChI=1S/C14H22N6O2S/c1-12(2)18-8-14(16-11-18)23(21,22)20-5-3-4-13(7-20)6-19-10-15-9-17-19/h8-13H,3-7H2,1-2H3. The quantitative estimate of drug-likeness (QED) is 0.816. The average Bonchev–Trinajstić information content (AvgIpc) is 3.19. The van der Waals surface area contributed by atoms with E-state index in [4.69, 9.17) is 0 Å². The zero-order chi connectivity index (χ0) is 16.4. The molecule has 0 radical (unpaired) electrons. The van der Waals surface area contributed by atoms with Crippen molar-refractivity contribution < 1.29 is 8.42 Å². The predicted molar refractivity (Wildman–Crippen MR) is 84.1 cm³/mol. The molecule has 3 heterocycles. The fourth-order valence-electron chi connectivity index (χ4n) is 2.85. The zero-order valence-electron chi connectivity index (χ0n) is 13.4. The molecule has 1 unspecified atom stereocenters. The van der Waals surface area contributed by atoms with Crippen molar-refractivity contribution in [3.05, 3.63) is 25.2 Å². The van der Waals surface area contributed by atoms with E-state index < -0.39 is 10.0 Å². The molecule has 0 aliphatic carbocycles. The van der Waals surface area contributed by atoms with Gasteiger partial charge in [-0.15, -0.1) is 0 Å². The molecule has 2 aromatic heterocycles. The molecule has 126 valence electrons. The molecule has 1 atom stereocenters. The van der Waals surface area contributed by atoms with E-state index in [0.717, 1.165) is 12.8 Å². The van der Waals surface area contributed by atoms with Gasteiger partial charge >= 0.3 is 0 Å². The molecule has 1 aliphatic rings. The molecule has 1 fully saturated rings. The minimum absolute atomic E-state index is 0.132. The van der Waals surface area contributed by atoms with Gasteiger partial charge in [0.05, 0.1) is 6.33 Å². The van der Waals surface area contributed by atoms with Crippen molar-refractivity contribution in [2.75, 3.05) is 13.1 Å². The maximum atomic E-state index is 12.8. The second-order valence-electron chi connectivity index (χ2n) is 6.24. The highest BCUT2D eigenvalue weighted by atomic mass is 32.2. The summed E-state index contributed by atoms with van der Waals surface area (Å²) in [6.45, 7) is 5.72. The van der Waals surface area contributed by atoms with Crippen LogP contribution in [0.2, 0.25) is 0 Å². The molecule has 1 aliphatic heterocycles. The predicted octanol–water partition coefficient (Wildman–Crippen LogP) is 1.16. The van der Waals surface area contributed by atoms with E-state index in [1.807, 2.05) is 18.4 Å². The summed E-state index contributed by atoms with van der Waals surface area (Å²) >= 11 is 0. The van der Waals surface area contributed by atoms with E-state index in [2.05, 4.69) is 15.1 Å². The van der Waals surface area contributed by atoms with Gasteiger partial charge in [-0.2, -0.15) is 9.40 Å². The monoisotopic (exact) mass is 338 g/mol. The van der Waals surface area contributed by atoms with Gasteiger partial charge in [0.25, 0.3) is 10.0 Å². The third-order valence-corrected chi connectivity index (χ3v) is 5.92. The fraction of sp³-hybridized carbons (Fsp3) is 0.643. The Morgan fingerprint density at radius 2 is 2.17 bits per heavy atom. The lowest BCUT2D eigenvalue weighted by Gasteiger charge is -2.31. The highest BCUT2D eigenvalue weighted by Gasteiger charge is 2.32. The molecule has 1 saturated heterocycles. The molecule has 0 spiro atoms. The summed E-state index contributed by atoms with van der Waals surface area (Å²) in [5.41, 5.74) is 0. The molecule has 0 saturated carbocycles. The number of hydrogen-bond acceptors (Lipinski definition) is 5. The van der Waals surface area contributed by atoms with Crippen molar-refractivity contribution in [2.45, 2.75) is 44.3 Å². The molecule has 0 aromatic carbocycles. The van der Waals surface area contributed by atoms with Gasteiger partial charge in [-0.05, 0) is 32.6 Å². The second kappa shape index (κ2) is 6.40. The minimum Gasteiger partial charge on any atom is -0.334 e. The van der Waals surface area contributed by atoms with Crippen molar-refractivity contribution in [2.24, 2.45) is 5.92 Å². The number of piperidine rings is 1. The highest BCUT2D eigenvalue weighted by molar-refractivity contribution is 7.89. The Bertz CT molecular complexity index is 737. The Labute approximate surface area is 136 Å². The summed E-state index contributed by atoms with van der Waals surface area (Å²) in [4.78, 5) is 8.02. The van der Waals surface area contributed by atoms with Crippen LogP contribution >= 0.6 is 0 Å².